The molecule has 3 N–H and O–H groups in total. The molecule has 0 fully saturated rings. The van der Waals surface area contributed by atoms with Gasteiger partial charge in [-0.2, -0.15) is 0 Å². The van der Waals surface area contributed by atoms with E-state index in [1.807, 2.05) is 0 Å². The van der Waals surface area contributed by atoms with E-state index in [0.717, 1.165) is 6.07 Å². The zero-order valence-corrected chi connectivity index (χ0v) is 8.04. The van der Waals surface area contributed by atoms with Gasteiger partial charge in [0.15, 0.2) is 0 Å². The molecule has 1 rings (SSSR count). The third-order valence-electron chi connectivity index (χ3n) is 1.65. The molecule has 0 spiro atoms. The molecule has 0 heterocycles. The zero-order valence-electron chi connectivity index (χ0n) is 7.22. The average Bonchev–Trinajstić information content (AvgIpc) is 2.01. The number of aliphatic hydroxyl groups excluding tert-OH is 1. The summed E-state index contributed by atoms with van der Waals surface area (Å²) in [5.41, 5.74) is -0.0680. The Morgan fingerprint density at radius 3 is 2.50 bits per heavy atom. The molecule has 14 heavy (non-hydrogen) atoms. The van der Waals surface area contributed by atoms with Crippen LogP contribution in [0.15, 0.2) is 24.3 Å². The van der Waals surface area contributed by atoms with E-state index < -0.39 is 27.7 Å². The van der Waals surface area contributed by atoms with Crippen LogP contribution in [0, 0.1) is 5.82 Å². The second-order valence-electron chi connectivity index (χ2n) is 2.87. The van der Waals surface area contributed by atoms with Crippen LogP contribution in [0.2, 0.25) is 0 Å². The van der Waals surface area contributed by atoms with Gasteiger partial charge in [0.05, 0.1) is 11.9 Å². The maximum absolute atomic E-state index is 13.0. The van der Waals surface area contributed by atoms with Crippen molar-refractivity contribution in [3.05, 3.63) is 35.6 Å². The van der Waals surface area contributed by atoms with Crippen LogP contribution in [0.3, 0.4) is 0 Å². The first-order valence-electron chi connectivity index (χ1n) is 3.83. The van der Waals surface area contributed by atoms with Crippen molar-refractivity contribution in [1.82, 2.24) is 0 Å². The molecule has 0 unspecified atom stereocenters. The van der Waals surface area contributed by atoms with E-state index in [-0.39, 0.29) is 5.56 Å². The summed E-state index contributed by atoms with van der Waals surface area (Å²) in [6, 6.07) is 5.40. The number of primary sulfonamides is 1. The minimum atomic E-state index is -3.80. The Balaban J connectivity index is 2.90. The third kappa shape index (κ3) is 3.06. The largest absolute Gasteiger partial charge is 0.387 e. The van der Waals surface area contributed by atoms with Crippen LogP contribution in [-0.2, 0) is 10.0 Å². The van der Waals surface area contributed by atoms with Crippen LogP contribution in [0.4, 0.5) is 4.39 Å². The van der Waals surface area contributed by atoms with Crippen LogP contribution in [0.25, 0.3) is 0 Å². The molecule has 1 atom stereocenters. The average molecular weight is 219 g/mol. The van der Waals surface area contributed by atoms with E-state index in [9.17, 15) is 17.9 Å². The quantitative estimate of drug-likeness (QED) is 0.759. The molecule has 1 aromatic carbocycles. The van der Waals surface area contributed by atoms with Gasteiger partial charge < -0.3 is 5.11 Å². The Labute approximate surface area is 81.2 Å². The van der Waals surface area contributed by atoms with Crippen molar-refractivity contribution in [3.8, 4) is 0 Å². The maximum atomic E-state index is 13.0. The SMILES string of the molecule is NS(=O)(=O)C[C@@H](O)c1ccccc1F. The summed E-state index contributed by atoms with van der Waals surface area (Å²) in [6.07, 6.45) is -1.42. The zero-order chi connectivity index (χ0) is 10.8. The molecule has 78 valence electrons. The number of aliphatic hydroxyl groups is 1. The molecule has 0 bridgehead atoms. The van der Waals surface area contributed by atoms with Crippen molar-refractivity contribution >= 4 is 10.0 Å². The summed E-state index contributed by atoms with van der Waals surface area (Å²) in [5.74, 6) is -1.34. The molecular formula is C8H10FNO3S. The summed E-state index contributed by atoms with van der Waals surface area (Å²) < 4.78 is 34.3. The van der Waals surface area contributed by atoms with E-state index in [1.165, 1.54) is 18.2 Å². The number of rotatable bonds is 3. The number of sulfonamides is 1. The summed E-state index contributed by atoms with van der Waals surface area (Å²) >= 11 is 0. The predicted octanol–water partition coefficient (Wildman–Crippen LogP) is 0.148. The Morgan fingerprint density at radius 2 is 2.00 bits per heavy atom. The number of nitrogens with two attached hydrogens (primary N) is 1. The van der Waals surface area contributed by atoms with Gasteiger partial charge in [-0.05, 0) is 6.07 Å². The van der Waals surface area contributed by atoms with E-state index in [0.29, 0.717) is 0 Å². The number of benzene rings is 1. The van der Waals surface area contributed by atoms with Gasteiger partial charge in [-0.25, -0.2) is 17.9 Å². The van der Waals surface area contributed by atoms with Crippen LogP contribution >= 0.6 is 0 Å². The van der Waals surface area contributed by atoms with E-state index in [2.05, 4.69) is 0 Å². The maximum Gasteiger partial charge on any atom is 0.211 e. The minimum absolute atomic E-state index is 0.0680. The standard InChI is InChI=1S/C8H10FNO3S/c9-7-4-2-1-3-6(7)8(11)5-14(10,12)13/h1-4,8,11H,5H2,(H2,10,12,13)/t8-/m1/s1. The van der Waals surface area contributed by atoms with Crippen molar-refractivity contribution < 1.29 is 17.9 Å². The summed E-state index contributed by atoms with van der Waals surface area (Å²) in [6.45, 7) is 0. The first kappa shape index (κ1) is 11.1. The Kier molecular flexibility index (Phi) is 3.20. The minimum Gasteiger partial charge on any atom is -0.387 e. The highest BCUT2D eigenvalue weighted by Crippen LogP contribution is 2.17. The predicted molar refractivity (Wildman–Crippen MR) is 49.3 cm³/mol. The molecular weight excluding hydrogens is 209 g/mol. The van der Waals surface area contributed by atoms with Crippen LogP contribution < -0.4 is 5.14 Å². The van der Waals surface area contributed by atoms with Crippen molar-refractivity contribution in [2.75, 3.05) is 5.75 Å². The van der Waals surface area contributed by atoms with Crippen LogP contribution in [0.5, 0.6) is 0 Å². The number of halogens is 1. The van der Waals surface area contributed by atoms with Gasteiger partial charge >= 0.3 is 0 Å². The molecule has 0 radical (unpaired) electrons. The molecule has 0 saturated heterocycles. The third-order valence-corrected chi connectivity index (χ3v) is 2.43. The normalized spacial score (nSPS) is 13.9. The van der Waals surface area contributed by atoms with Crippen molar-refractivity contribution in [1.29, 1.82) is 0 Å². The van der Waals surface area contributed by atoms with Gasteiger partial charge in [0.1, 0.15) is 5.82 Å². The highest BCUT2D eigenvalue weighted by Gasteiger charge is 2.17. The fourth-order valence-corrected chi connectivity index (χ4v) is 1.67. The lowest BCUT2D eigenvalue weighted by Crippen LogP contribution is -2.22. The molecule has 0 aliphatic rings. The lowest BCUT2D eigenvalue weighted by molar-refractivity contribution is 0.196. The fraction of sp³-hybridized carbons (Fsp3) is 0.250. The molecule has 0 amide bonds. The lowest BCUT2D eigenvalue weighted by Gasteiger charge is -2.09. The molecule has 1 aromatic rings. The number of hydrogen-bond acceptors (Lipinski definition) is 3. The van der Waals surface area contributed by atoms with E-state index >= 15 is 0 Å². The Morgan fingerprint density at radius 1 is 1.43 bits per heavy atom. The van der Waals surface area contributed by atoms with Gasteiger partial charge in [0.2, 0.25) is 10.0 Å². The first-order chi connectivity index (χ1) is 6.40. The van der Waals surface area contributed by atoms with Gasteiger partial charge in [0.25, 0.3) is 0 Å². The lowest BCUT2D eigenvalue weighted by atomic mass is 10.1. The molecule has 6 heteroatoms. The second-order valence-corrected chi connectivity index (χ2v) is 4.53. The van der Waals surface area contributed by atoms with Crippen molar-refractivity contribution in [2.24, 2.45) is 5.14 Å². The van der Waals surface area contributed by atoms with Gasteiger partial charge in [-0.3, -0.25) is 0 Å². The second kappa shape index (κ2) is 4.04. The van der Waals surface area contributed by atoms with Crippen molar-refractivity contribution in [2.45, 2.75) is 6.10 Å². The van der Waals surface area contributed by atoms with Crippen LogP contribution in [0.1, 0.15) is 11.7 Å². The van der Waals surface area contributed by atoms with Crippen LogP contribution in [-0.4, -0.2) is 19.3 Å². The summed E-state index contributed by atoms with van der Waals surface area (Å²) in [7, 11) is -3.80. The fourth-order valence-electron chi connectivity index (χ4n) is 1.06. The topological polar surface area (TPSA) is 80.4 Å². The first-order valence-corrected chi connectivity index (χ1v) is 5.54. The van der Waals surface area contributed by atoms with E-state index in [1.54, 1.807) is 0 Å². The summed E-state index contributed by atoms with van der Waals surface area (Å²) in [5, 5.41) is 14.1. The smallest absolute Gasteiger partial charge is 0.211 e. The molecule has 0 aromatic heterocycles. The molecule has 0 saturated carbocycles. The van der Waals surface area contributed by atoms with E-state index in [4.69, 9.17) is 5.14 Å². The molecule has 4 nitrogen and oxygen atoms in total. The summed E-state index contributed by atoms with van der Waals surface area (Å²) in [4.78, 5) is 0. The van der Waals surface area contributed by atoms with Gasteiger partial charge in [0, 0.05) is 5.56 Å². The number of hydrogen-bond donors (Lipinski definition) is 2. The highest BCUT2D eigenvalue weighted by atomic mass is 32.2. The van der Waals surface area contributed by atoms with Gasteiger partial charge in [-0.1, -0.05) is 18.2 Å². The van der Waals surface area contributed by atoms with Gasteiger partial charge in [-0.15, -0.1) is 0 Å². The monoisotopic (exact) mass is 219 g/mol. The Hall–Kier alpha value is -0.980. The molecule has 0 aliphatic carbocycles. The molecule has 0 aliphatic heterocycles. The van der Waals surface area contributed by atoms with Crippen molar-refractivity contribution in [3.63, 3.8) is 0 Å². The Bertz CT molecular complexity index is 418. The highest BCUT2D eigenvalue weighted by molar-refractivity contribution is 7.89.